The fraction of sp³-hybridized carbons (Fsp3) is 0.750. The molecule has 0 aliphatic carbocycles. The van der Waals surface area contributed by atoms with Gasteiger partial charge in [-0.05, 0) is 0 Å². The molecule has 6 heteroatoms. The standard InChI is InChI=1S/C3H6O2.CH3ClO2S/c1-2-3(4)5;1-5(2,3)4/h2H2,1H3,(H,4,5);1H3. The second-order valence-electron chi connectivity index (χ2n) is 1.43. The van der Waals surface area contributed by atoms with Crippen LogP contribution in [0.4, 0.5) is 0 Å². The lowest BCUT2D eigenvalue weighted by atomic mass is 10.5. The summed E-state index contributed by atoms with van der Waals surface area (Å²) in [7, 11) is 1.31. The zero-order chi connectivity index (χ0) is 8.78. The van der Waals surface area contributed by atoms with Crippen LogP contribution in [-0.2, 0) is 13.8 Å². The van der Waals surface area contributed by atoms with E-state index in [2.05, 4.69) is 10.7 Å². The van der Waals surface area contributed by atoms with Crippen molar-refractivity contribution in [3.63, 3.8) is 0 Å². The molecule has 10 heavy (non-hydrogen) atoms. The number of hydrogen-bond donors (Lipinski definition) is 1. The van der Waals surface area contributed by atoms with E-state index in [0.717, 1.165) is 6.26 Å². The fourth-order valence-electron chi connectivity index (χ4n) is 0. The minimum absolute atomic E-state index is 0.222. The van der Waals surface area contributed by atoms with Gasteiger partial charge in [-0.25, -0.2) is 8.42 Å². The lowest BCUT2D eigenvalue weighted by Gasteiger charge is -1.71. The van der Waals surface area contributed by atoms with E-state index in [1.54, 1.807) is 6.92 Å². The number of carbonyl (C=O) groups is 1. The largest absolute Gasteiger partial charge is 0.481 e. The molecular formula is C4H9ClO4S. The molecule has 0 saturated carbocycles. The van der Waals surface area contributed by atoms with Gasteiger partial charge >= 0.3 is 5.97 Å². The predicted octanol–water partition coefficient (Wildman–Crippen LogP) is 0.666. The minimum Gasteiger partial charge on any atom is -0.481 e. The van der Waals surface area contributed by atoms with Crippen LogP contribution in [0.5, 0.6) is 0 Å². The summed E-state index contributed by atoms with van der Waals surface area (Å²) in [6, 6.07) is 0. The first-order chi connectivity index (χ1) is 4.27. The van der Waals surface area contributed by atoms with E-state index in [1.165, 1.54) is 0 Å². The third kappa shape index (κ3) is 119. The van der Waals surface area contributed by atoms with E-state index < -0.39 is 15.0 Å². The number of carboxylic acid groups (broad SMARTS) is 1. The Kier molecular flexibility index (Phi) is 6.81. The Bertz CT molecular complexity index is 175. The molecule has 0 saturated heterocycles. The second-order valence-corrected chi connectivity index (χ2v) is 4.47. The van der Waals surface area contributed by atoms with Gasteiger partial charge in [-0.2, -0.15) is 0 Å². The Morgan fingerprint density at radius 3 is 1.70 bits per heavy atom. The monoisotopic (exact) mass is 188 g/mol. The van der Waals surface area contributed by atoms with Crippen molar-refractivity contribution in [2.75, 3.05) is 6.26 Å². The van der Waals surface area contributed by atoms with Crippen molar-refractivity contribution in [1.82, 2.24) is 0 Å². The van der Waals surface area contributed by atoms with E-state index in [9.17, 15) is 13.2 Å². The molecule has 0 heterocycles. The average molecular weight is 189 g/mol. The lowest BCUT2D eigenvalue weighted by Crippen LogP contribution is -1.86. The highest BCUT2D eigenvalue weighted by Gasteiger charge is 1.83. The van der Waals surface area contributed by atoms with Gasteiger partial charge in [-0.3, -0.25) is 4.79 Å². The Hall–Kier alpha value is -0.290. The Morgan fingerprint density at radius 2 is 1.70 bits per heavy atom. The minimum atomic E-state index is -3.19. The SMILES string of the molecule is CCC(=O)O.CS(=O)(=O)Cl. The van der Waals surface area contributed by atoms with Crippen LogP contribution in [0.3, 0.4) is 0 Å². The molecule has 0 fully saturated rings. The van der Waals surface area contributed by atoms with Crippen LogP contribution in [0, 0.1) is 0 Å². The third-order valence-corrected chi connectivity index (χ3v) is 0.302. The molecule has 0 aromatic heterocycles. The molecule has 0 bridgehead atoms. The molecule has 0 rings (SSSR count). The highest BCUT2D eigenvalue weighted by atomic mass is 35.7. The highest BCUT2D eigenvalue weighted by Crippen LogP contribution is 1.83. The molecule has 0 aliphatic heterocycles. The maximum Gasteiger partial charge on any atom is 0.303 e. The Balaban J connectivity index is 0. The average Bonchev–Trinajstić information content (AvgIpc) is 1.61. The molecule has 0 radical (unpaired) electrons. The lowest BCUT2D eigenvalue weighted by molar-refractivity contribution is -0.136. The van der Waals surface area contributed by atoms with Gasteiger partial charge in [-0.1, -0.05) is 6.92 Å². The van der Waals surface area contributed by atoms with Gasteiger partial charge in [0.15, 0.2) is 0 Å². The van der Waals surface area contributed by atoms with Crippen LogP contribution in [0.25, 0.3) is 0 Å². The number of aliphatic carboxylic acids is 1. The molecule has 62 valence electrons. The van der Waals surface area contributed by atoms with Gasteiger partial charge < -0.3 is 5.11 Å². The molecule has 0 aliphatic rings. The van der Waals surface area contributed by atoms with E-state index in [0.29, 0.717) is 0 Å². The molecule has 0 aromatic rings. The van der Waals surface area contributed by atoms with E-state index in [4.69, 9.17) is 5.11 Å². The molecule has 4 nitrogen and oxygen atoms in total. The number of halogens is 1. The molecular weight excluding hydrogens is 180 g/mol. The van der Waals surface area contributed by atoms with E-state index in [-0.39, 0.29) is 6.42 Å². The maximum atomic E-state index is 9.40. The van der Waals surface area contributed by atoms with Crippen LogP contribution in [0.2, 0.25) is 0 Å². The third-order valence-electron chi connectivity index (χ3n) is 0.302. The van der Waals surface area contributed by atoms with Crippen LogP contribution in [-0.4, -0.2) is 25.7 Å². The maximum absolute atomic E-state index is 9.40. The number of rotatable bonds is 1. The topological polar surface area (TPSA) is 71.4 Å². The first kappa shape index (κ1) is 12.4. The van der Waals surface area contributed by atoms with Gasteiger partial charge in [0, 0.05) is 17.1 Å². The molecule has 1 N–H and O–H groups in total. The zero-order valence-corrected chi connectivity index (χ0v) is 7.24. The smallest absolute Gasteiger partial charge is 0.303 e. The quantitative estimate of drug-likeness (QED) is 0.614. The molecule has 0 amide bonds. The summed E-state index contributed by atoms with van der Waals surface area (Å²) in [5.41, 5.74) is 0. The van der Waals surface area contributed by atoms with Crippen LogP contribution in [0.1, 0.15) is 13.3 Å². The summed E-state index contributed by atoms with van der Waals surface area (Å²) in [6.07, 6.45) is 1.15. The van der Waals surface area contributed by atoms with Crippen molar-refractivity contribution in [3.05, 3.63) is 0 Å². The second kappa shape index (κ2) is 5.49. The van der Waals surface area contributed by atoms with Crippen molar-refractivity contribution in [1.29, 1.82) is 0 Å². The van der Waals surface area contributed by atoms with Gasteiger partial charge in [0.2, 0.25) is 9.05 Å². The first-order valence-corrected chi connectivity index (χ1v) is 5.10. The van der Waals surface area contributed by atoms with Gasteiger partial charge in [-0.15, -0.1) is 0 Å². The van der Waals surface area contributed by atoms with E-state index >= 15 is 0 Å². The molecule has 0 aromatic carbocycles. The predicted molar refractivity (Wildman–Crippen MR) is 38.6 cm³/mol. The molecule has 0 unspecified atom stereocenters. The summed E-state index contributed by atoms with van der Waals surface area (Å²) >= 11 is 0. The molecule has 0 atom stereocenters. The highest BCUT2D eigenvalue weighted by molar-refractivity contribution is 8.13. The summed E-state index contributed by atoms with van der Waals surface area (Å²) in [6.45, 7) is 1.60. The van der Waals surface area contributed by atoms with Crippen LogP contribution >= 0.6 is 10.7 Å². The number of hydrogen-bond acceptors (Lipinski definition) is 3. The van der Waals surface area contributed by atoms with Crippen molar-refractivity contribution in [2.45, 2.75) is 13.3 Å². The van der Waals surface area contributed by atoms with Gasteiger partial charge in [0.25, 0.3) is 0 Å². The Labute approximate surface area is 64.2 Å². The van der Waals surface area contributed by atoms with Gasteiger partial charge in [0.05, 0.1) is 6.26 Å². The fourth-order valence-corrected chi connectivity index (χ4v) is 0. The number of carboxylic acids is 1. The van der Waals surface area contributed by atoms with Crippen LogP contribution in [0.15, 0.2) is 0 Å². The summed E-state index contributed by atoms with van der Waals surface area (Å²) in [5.74, 6) is -0.745. The summed E-state index contributed by atoms with van der Waals surface area (Å²) in [4.78, 5) is 9.37. The van der Waals surface area contributed by atoms with Crippen molar-refractivity contribution < 1.29 is 18.3 Å². The summed E-state index contributed by atoms with van der Waals surface area (Å²) in [5, 5.41) is 7.72. The van der Waals surface area contributed by atoms with Crippen molar-refractivity contribution >= 4 is 25.7 Å². The first-order valence-electron chi connectivity index (χ1n) is 2.38. The van der Waals surface area contributed by atoms with Crippen molar-refractivity contribution in [2.24, 2.45) is 0 Å². The zero-order valence-electron chi connectivity index (χ0n) is 5.67. The Morgan fingerprint density at radius 1 is 1.60 bits per heavy atom. The molecule has 0 spiro atoms. The van der Waals surface area contributed by atoms with Crippen molar-refractivity contribution in [3.8, 4) is 0 Å². The van der Waals surface area contributed by atoms with E-state index in [1.807, 2.05) is 0 Å². The van der Waals surface area contributed by atoms with Gasteiger partial charge in [0.1, 0.15) is 0 Å². The normalized spacial score (nSPS) is 9.50. The summed E-state index contributed by atoms with van der Waals surface area (Å²) < 4.78 is 18.8. The van der Waals surface area contributed by atoms with Crippen LogP contribution < -0.4 is 0 Å².